The van der Waals surface area contributed by atoms with Crippen LogP contribution in [0, 0.1) is 0 Å². The van der Waals surface area contributed by atoms with Gasteiger partial charge in [0.25, 0.3) is 5.91 Å². The molecule has 0 unspecified atom stereocenters. The number of halogens is 3. The highest BCUT2D eigenvalue weighted by atomic mass is 19.4. The maximum atomic E-state index is 14.9. The smallest absolute Gasteiger partial charge is 0.493 e. The van der Waals surface area contributed by atoms with Gasteiger partial charge in [-0.15, -0.1) is 13.2 Å². The molecule has 0 aliphatic carbocycles. The molecule has 1 aromatic heterocycles. The third-order valence-electron chi connectivity index (χ3n) is 9.61. The first-order chi connectivity index (χ1) is 20.0. The van der Waals surface area contributed by atoms with Crippen LogP contribution in [0.4, 0.5) is 13.2 Å². The summed E-state index contributed by atoms with van der Waals surface area (Å²) in [4.78, 5) is 26.4. The fraction of sp³-hybridized carbons (Fsp3) is 0.190. The molecule has 1 aliphatic heterocycles. The standard InChI is InChI=1S/C21H30B14F3N3O3/c22-5-2(3-7(24)10(27)14(11(28)8(3)25)44-21(36,37)38)6(23)9(26)13-4(5)17(42)41(19(32,33)1-43-13)20(34,35)18-39-15(30)12(29)16(31)40-18/h1,22-35H2. The number of nitrogens with zero attached hydrogens (tertiary/aromatic N) is 3. The lowest BCUT2D eigenvalue weighted by Gasteiger charge is -2.47. The number of hydrogen-bond acceptors (Lipinski definition) is 5. The number of carbonyl (C=O) groups excluding carboxylic acids is 1. The second-order valence-corrected chi connectivity index (χ2v) is 13.3. The first-order valence-electron chi connectivity index (χ1n) is 14.8. The van der Waals surface area contributed by atoms with Gasteiger partial charge in [0.2, 0.25) is 0 Å². The summed E-state index contributed by atoms with van der Waals surface area (Å²) in [5.74, 6) is 0.673. The Balaban J connectivity index is 2.03. The number of carbonyl (C=O) groups is 1. The Morgan fingerprint density at radius 1 is 0.705 bits per heavy atom. The topological polar surface area (TPSA) is 64.6 Å². The van der Waals surface area contributed by atoms with Crippen LogP contribution in [0.25, 0.3) is 11.1 Å². The number of alkyl halides is 3. The molecular formula is C21H30B14F3N3O3. The van der Waals surface area contributed by atoms with E-state index in [1.807, 2.05) is 83.4 Å². The van der Waals surface area contributed by atoms with Crippen molar-refractivity contribution >= 4 is 171 Å². The Morgan fingerprint density at radius 3 is 1.64 bits per heavy atom. The van der Waals surface area contributed by atoms with E-state index in [9.17, 15) is 18.0 Å². The third kappa shape index (κ3) is 5.51. The number of hydrogen-bond donors (Lipinski definition) is 0. The predicted molar refractivity (Wildman–Crippen MR) is 213 cm³/mol. The Kier molecular flexibility index (Phi) is 8.75. The minimum atomic E-state index is -4.81. The normalized spacial score (nSPS) is 14.9. The van der Waals surface area contributed by atoms with Crippen molar-refractivity contribution < 1.29 is 27.4 Å². The molecule has 1 amide bonds. The summed E-state index contributed by atoms with van der Waals surface area (Å²) >= 11 is 0. The molecule has 0 radical (unpaired) electrons. The lowest BCUT2D eigenvalue weighted by molar-refractivity contribution is -0.273. The zero-order valence-corrected chi connectivity index (χ0v) is 28.4. The van der Waals surface area contributed by atoms with Crippen molar-refractivity contribution in [3.8, 4) is 22.6 Å². The van der Waals surface area contributed by atoms with Crippen molar-refractivity contribution in [2.75, 3.05) is 6.61 Å². The van der Waals surface area contributed by atoms with Crippen molar-refractivity contribution in [3.63, 3.8) is 0 Å². The minimum absolute atomic E-state index is 0.184. The number of fused-ring (bicyclic) bond motifs is 1. The van der Waals surface area contributed by atoms with Gasteiger partial charge in [0, 0.05) is 10.7 Å². The van der Waals surface area contributed by atoms with Crippen LogP contribution in [-0.2, 0) is 5.34 Å². The summed E-state index contributed by atoms with van der Waals surface area (Å²) in [5, 5.41) is -1.64. The first kappa shape index (κ1) is 34.2. The number of aromatic nitrogens is 2. The number of ether oxygens (including phenoxy) is 2. The summed E-state index contributed by atoms with van der Waals surface area (Å²) < 4.78 is 51.0. The van der Waals surface area contributed by atoms with E-state index in [4.69, 9.17) is 14.7 Å². The molecule has 0 fully saturated rings. The van der Waals surface area contributed by atoms with E-state index in [1.165, 1.54) is 0 Å². The van der Waals surface area contributed by atoms with E-state index < -0.39 is 17.0 Å². The van der Waals surface area contributed by atoms with Gasteiger partial charge in [0.15, 0.2) is 15.7 Å². The van der Waals surface area contributed by atoms with Crippen LogP contribution in [0.5, 0.6) is 11.5 Å². The Morgan fingerprint density at radius 2 is 1.16 bits per heavy atom. The SMILES string of the molecule is Bc1nc(C(B)(B)N2C(=O)c3c(B)c(-c4c(B)c(B)c(OC(F)(F)F)c(B)c4B)c(B)c(B)c3OCC2(B)B)nc(B)c1B. The van der Waals surface area contributed by atoms with E-state index in [0.717, 1.165) is 38.7 Å². The molecule has 0 saturated carbocycles. The molecule has 23 heteroatoms. The minimum Gasteiger partial charge on any atom is -0.493 e. The summed E-state index contributed by atoms with van der Waals surface area (Å²) in [5.41, 5.74) is 9.33. The third-order valence-corrected chi connectivity index (χ3v) is 9.61. The molecule has 1 aliphatic rings. The van der Waals surface area contributed by atoms with Crippen LogP contribution < -0.4 is 64.4 Å². The molecule has 2 aromatic carbocycles. The van der Waals surface area contributed by atoms with Crippen LogP contribution in [-0.4, -0.2) is 149 Å². The predicted octanol–water partition coefficient (Wildman–Crippen LogP) is -17.5. The average Bonchev–Trinajstić information content (AvgIpc) is 3.01. The molecule has 0 atom stereocenters. The maximum Gasteiger partial charge on any atom is 0.573 e. The van der Waals surface area contributed by atoms with Crippen molar-refractivity contribution in [1.82, 2.24) is 14.9 Å². The molecule has 0 saturated heterocycles. The Labute approximate surface area is 270 Å². The molecule has 3 aromatic rings. The molecular weight excluding hydrogens is 551 g/mol. The van der Waals surface area contributed by atoms with Gasteiger partial charge in [-0.1, -0.05) is 43.7 Å². The Hall–Kier alpha value is -2.71. The molecule has 210 valence electrons. The van der Waals surface area contributed by atoms with Crippen molar-refractivity contribution in [1.29, 1.82) is 0 Å². The molecule has 0 bridgehead atoms. The fourth-order valence-corrected chi connectivity index (χ4v) is 6.71. The lowest BCUT2D eigenvalue weighted by Crippen LogP contribution is -2.66. The molecule has 0 spiro atoms. The number of benzene rings is 2. The van der Waals surface area contributed by atoms with Gasteiger partial charge in [-0.05, 0) is 22.3 Å². The summed E-state index contributed by atoms with van der Waals surface area (Å²) in [6, 6.07) is 0. The molecule has 44 heavy (non-hydrogen) atoms. The number of amides is 1. The van der Waals surface area contributed by atoms with Crippen LogP contribution in [0.15, 0.2) is 0 Å². The highest BCUT2D eigenvalue weighted by Crippen LogP contribution is 2.33. The second-order valence-electron chi connectivity index (χ2n) is 13.3. The van der Waals surface area contributed by atoms with E-state index >= 15 is 0 Å². The van der Waals surface area contributed by atoms with Gasteiger partial charge < -0.3 is 14.4 Å². The van der Waals surface area contributed by atoms with Gasteiger partial charge >= 0.3 is 6.36 Å². The highest BCUT2D eigenvalue weighted by molar-refractivity contribution is 6.64. The molecule has 6 nitrogen and oxygen atoms in total. The van der Waals surface area contributed by atoms with Crippen LogP contribution >= 0.6 is 0 Å². The zero-order valence-electron chi connectivity index (χ0n) is 28.4. The summed E-state index contributed by atoms with van der Waals surface area (Å²) in [6.45, 7) is 0.248. The van der Waals surface area contributed by atoms with Gasteiger partial charge in [-0.25, -0.2) is 9.97 Å². The van der Waals surface area contributed by atoms with E-state index in [2.05, 4.69) is 4.74 Å². The van der Waals surface area contributed by atoms with Crippen molar-refractivity contribution in [3.05, 3.63) is 11.4 Å². The monoisotopic (exact) mass is 583 g/mol. The van der Waals surface area contributed by atoms with Crippen LogP contribution in [0.3, 0.4) is 0 Å². The highest BCUT2D eigenvalue weighted by Gasteiger charge is 2.47. The summed E-state index contributed by atoms with van der Waals surface area (Å²) in [6.07, 6.45) is -4.81. The van der Waals surface area contributed by atoms with Gasteiger partial charge in [-0.3, -0.25) is 4.79 Å². The van der Waals surface area contributed by atoms with Gasteiger partial charge in [0.05, 0.1) is 12.2 Å². The molecule has 0 N–H and O–H groups in total. The molecule has 4 rings (SSSR count). The van der Waals surface area contributed by atoms with Gasteiger partial charge in [-0.2, -0.15) is 0 Å². The quantitative estimate of drug-likeness (QED) is 0.287. The number of rotatable bonds is 4. The largest absolute Gasteiger partial charge is 0.573 e. The molecule has 2 heterocycles. The fourth-order valence-electron chi connectivity index (χ4n) is 6.71. The van der Waals surface area contributed by atoms with E-state index in [0.29, 0.717) is 44.5 Å². The van der Waals surface area contributed by atoms with Crippen molar-refractivity contribution in [2.24, 2.45) is 0 Å². The second kappa shape index (κ2) is 11.3. The van der Waals surface area contributed by atoms with E-state index in [-0.39, 0.29) is 18.3 Å². The zero-order chi connectivity index (χ0) is 33.4. The van der Waals surface area contributed by atoms with Gasteiger partial charge in [0.1, 0.15) is 111 Å². The summed E-state index contributed by atoms with van der Waals surface area (Å²) in [7, 11) is 26.4. The van der Waals surface area contributed by atoms with Crippen molar-refractivity contribution in [2.45, 2.75) is 17.0 Å². The first-order valence-corrected chi connectivity index (χ1v) is 14.8. The maximum absolute atomic E-state index is 14.9. The van der Waals surface area contributed by atoms with Crippen LogP contribution in [0.2, 0.25) is 0 Å². The van der Waals surface area contributed by atoms with E-state index in [1.54, 1.807) is 31.4 Å². The van der Waals surface area contributed by atoms with Crippen LogP contribution in [0.1, 0.15) is 16.2 Å². The lowest BCUT2D eigenvalue weighted by atomic mass is 9.52. The Bertz CT molecular complexity index is 1690. The average molecular weight is 581 g/mol.